The average Bonchev–Trinajstić information content (AvgIpc) is 3.28. The Morgan fingerprint density at radius 2 is 1.64 bits per heavy atom. The summed E-state index contributed by atoms with van der Waals surface area (Å²) in [5.41, 5.74) is 8.06. The van der Waals surface area contributed by atoms with Crippen molar-refractivity contribution < 1.29 is 13.2 Å². The Hall–Kier alpha value is -1.93. The van der Waals surface area contributed by atoms with Crippen LogP contribution in [-0.2, 0) is 14.8 Å². The number of carbonyl (C=O) groups excluding carboxylic acids is 1. The SMILES string of the molecule is Cl.N[C@@H]1CN(S(=O)(=O)c2ccc(N3CCCC3=O)cc2)C[C@H]1c1ccccc1. The molecule has 4 rings (SSSR count). The second-order valence-electron chi connectivity index (χ2n) is 7.15. The van der Waals surface area contributed by atoms with Gasteiger partial charge in [-0.15, -0.1) is 12.4 Å². The van der Waals surface area contributed by atoms with Gasteiger partial charge in [-0.25, -0.2) is 8.42 Å². The summed E-state index contributed by atoms with van der Waals surface area (Å²) < 4.78 is 27.6. The second-order valence-corrected chi connectivity index (χ2v) is 9.08. The summed E-state index contributed by atoms with van der Waals surface area (Å²) in [6.45, 7) is 1.36. The summed E-state index contributed by atoms with van der Waals surface area (Å²) in [5.74, 6) is 0.0734. The molecule has 0 bridgehead atoms. The van der Waals surface area contributed by atoms with E-state index in [1.54, 1.807) is 29.2 Å². The van der Waals surface area contributed by atoms with Gasteiger partial charge in [0.05, 0.1) is 4.90 Å². The maximum Gasteiger partial charge on any atom is 0.243 e. The Bertz CT molecular complexity index is 935. The molecule has 0 unspecified atom stereocenters. The van der Waals surface area contributed by atoms with Crippen LogP contribution in [0.15, 0.2) is 59.5 Å². The zero-order valence-corrected chi connectivity index (χ0v) is 17.0. The molecule has 2 fully saturated rings. The average molecular weight is 422 g/mol. The number of nitrogens with zero attached hydrogens (tertiary/aromatic N) is 2. The minimum atomic E-state index is -3.62. The van der Waals surface area contributed by atoms with E-state index in [-0.39, 0.29) is 35.2 Å². The molecule has 6 nitrogen and oxygen atoms in total. The van der Waals surface area contributed by atoms with Crippen molar-refractivity contribution in [3.05, 3.63) is 60.2 Å². The van der Waals surface area contributed by atoms with Crippen molar-refractivity contribution in [3.8, 4) is 0 Å². The minimum Gasteiger partial charge on any atom is -0.326 e. The first-order valence-electron chi connectivity index (χ1n) is 9.18. The van der Waals surface area contributed by atoms with E-state index in [4.69, 9.17) is 5.73 Å². The molecular formula is C20H24ClN3O3S. The molecule has 0 spiro atoms. The van der Waals surface area contributed by atoms with Crippen molar-refractivity contribution >= 4 is 34.0 Å². The van der Waals surface area contributed by atoms with Crippen LogP contribution in [0.2, 0.25) is 0 Å². The number of carbonyl (C=O) groups is 1. The van der Waals surface area contributed by atoms with Gasteiger partial charge in [0.1, 0.15) is 0 Å². The minimum absolute atomic E-state index is 0. The number of sulfonamides is 1. The van der Waals surface area contributed by atoms with Crippen LogP contribution in [0.4, 0.5) is 5.69 Å². The monoisotopic (exact) mass is 421 g/mol. The fraction of sp³-hybridized carbons (Fsp3) is 0.350. The van der Waals surface area contributed by atoms with Gasteiger partial charge < -0.3 is 10.6 Å². The summed E-state index contributed by atoms with van der Waals surface area (Å²) in [5, 5.41) is 0. The van der Waals surface area contributed by atoms with E-state index < -0.39 is 10.0 Å². The van der Waals surface area contributed by atoms with E-state index in [1.165, 1.54) is 4.31 Å². The highest BCUT2D eigenvalue weighted by Crippen LogP contribution is 2.31. The lowest BCUT2D eigenvalue weighted by Gasteiger charge is -2.19. The van der Waals surface area contributed by atoms with Crippen LogP contribution in [0.3, 0.4) is 0 Å². The molecule has 8 heteroatoms. The van der Waals surface area contributed by atoms with Gasteiger partial charge in [-0.1, -0.05) is 30.3 Å². The van der Waals surface area contributed by atoms with Gasteiger partial charge in [-0.2, -0.15) is 4.31 Å². The van der Waals surface area contributed by atoms with Crippen molar-refractivity contribution in [2.75, 3.05) is 24.5 Å². The smallest absolute Gasteiger partial charge is 0.243 e. The fourth-order valence-corrected chi connectivity index (χ4v) is 5.41. The van der Waals surface area contributed by atoms with Crippen LogP contribution in [0.1, 0.15) is 24.3 Å². The second kappa shape index (κ2) is 8.21. The highest BCUT2D eigenvalue weighted by atomic mass is 35.5. The third kappa shape index (κ3) is 3.80. The van der Waals surface area contributed by atoms with Crippen molar-refractivity contribution in [1.82, 2.24) is 4.31 Å². The third-order valence-electron chi connectivity index (χ3n) is 5.42. The molecule has 150 valence electrons. The third-order valence-corrected chi connectivity index (χ3v) is 7.26. The number of nitrogens with two attached hydrogens (primary N) is 1. The molecule has 2 saturated heterocycles. The number of anilines is 1. The Kier molecular flexibility index (Phi) is 6.09. The molecule has 0 radical (unpaired) electrons. The molecule has 2 atom stereocenters. The van der Waals surface area contributed by atoms with Gasteiger partial charge in [0.2, 0.25) is 15.9 Å². The van der Waals surface area contributed by atoms with Gasteiger partial charge >= 0.3 is 0 Å². The number of hydrogen-bond acceptors (Lipinski definition) is 4. The van der Waals surface area contributed by atoms with Gasteiger partial charge in [-0.05, 0) is 36.2 Å². The predicted octanol–water partition coefficient (Wildman–Crippen LogP) is 2.35. The van der Waals surface area contributed by atoms with Crippen molar-refractivity contribution in [2.45, 2.75) is 29.7 Å². The zero-order valence-electron chi connectivity index (χ0n) is 15.4. The van der Waals surface area contributed by atoms with Gasteiger partial charge in [0, 0.05) is 43.7 Å². The zero-order chi connectivity index (χ0) is 19.0. The lowest BCUT2D eigenvalue weighted by atomic mass is 9.95. The van der Waals surface area contributed by atoms with E-state index in [1.807, 2.05) is 30.3 Å². The summed E-state index contributed by atoms with van der Waals surface area (Å²) in [4.78, 5) is 13.8. The normalized spacial score (nSPS) is 23.0. The number of benzene rings is 2. The molecule has 2 N–H and O–H groups in total. The van der Waals surface area contributed by atoms with Crippen LogP contribution in [0, 0.1) is 0 Å². The largest absolute Gasteiger partial charge is 0.326 e. The molecule has 28 heavy (non-hydrogen) atoms. The topological polar surface area (TPSA) is 83.7 Å². The van der Waals surface area contributed by atoms with E-state index in [0.717, 1.165) is 17.7 Å². The quantitative estimate of drug-likeness (QED) is 0.821. The lowest BCUT2D eigenvalue weighted by Crippen LogP contribution is -2.32. The van der Waals surface area contributed by atoms with Crippen LogP contribution in [0.5, 0.6) is 0 Å². The number of rotatable bonds is 4. The predicted molar refractivity (Wildman–Crippen MR) is 111 cm³/mol. The molecule has 2 heterocycles. The maximum absolute atomic E-state index is 13.0. The molecule has 2 aromatic rings. The summed E-state index contributed by atoms with van der Waals surface area (Å²) in [6, 6.07) is 16.1. The number of hydrogen-bond donors (Lipinski definition) is 1. The number of halogens is 1. The molecule has 1 amide bonds. The Morgan fingerprint density at radius 3 is 2.25 bits per heavy atom. The standard InChI is InChI=1S/C20H23N3O3S.ClH/c21-19-14-22(13-18(19)15-5-2-1-3-6-15)27(25,26)17-10-8-16(9-11-17)23-12-4-7-20(23)24;/h1-3,5-6,8-11,18-19H,4,7,12-14,21H2;1H/t18-,19+;/m0./s1. The van der Waals surface area contributed by atoms with E-state index in [9.17, 15) is 13.2 Å². The van der Waals surface area contributed by atoms with Crippen molar-refractivity contribution in [2.24, 2.45) is 5.73 Å². The van der Waals surface area contributed by atoms with Gasteiger partial charge in [0.15, 0.2) is 0 Å². The van der Waals surface area contributed by atoms with E-state index in [0.29, 0.717) is 26.1 Å². The molecule has 2 aliphatic rings. The highest BCUT2D eigenvalue weighted by molar-refractivity contribution is 7.89. The Balaban J connectivity index is 0.00000225. The van der Waals surface area contributed by atoms with Crippen LogP contribution < -0.4 is 10.6 Å². The molecular weight excluding hydrogens is 398 g/mol. The summed E-state index contributed by atoms with van der Waals surface area (Å²) in [7, 11) is -3.62. The van der Waals surface area contributed by atoms with Crippen LogP contribution in [0.25, 0.3) is 0 Å². The van der Waals surface area contributed by atoms with Crippen molar-refractivity contribution in [3.63, 3.8) is 0 Å². The Morgan fingerprint density at radius 1 is 0.964 bits per heavy atom. The highest BCUT2D eigenvalue weighted by Gasteiger charge is 2.38. The van der Waals surface area contributed by atoms with Crippen molar-refractivity contribution in [1.29, 1.82) is 0 Å². The molecule has 2 aromatic carbocycles. The Labute approximate surface area is 171 Å². The first-order valence-corrected chi connectivity index (χ1v) is 10.6. The van der Waals surface area contributed by atoms with E-state index in [2.05, 4.69) is 0 Å². The molecule has 0 aliphatic carbocycles. The molecule has 0 saturated carbocycles. The summed E-state index contributed by atoms with van der Waals surface area (Å²) in [6.07, 6.45) is 1.39. The lowest BCUT2D eigenvalue weighted by molar-refractivity contribution is -0.117. The van der Waals surface area contributed by atoms with Gasteiger partial charge in [0.25, 0.3) is 0 Å². The first kappa shape index (κ1) is 20.8. The van der Waals surface area contributed by atoms with Gasteiger partial charge in [-0.3, -0.25) is 4.79 Å². The number of amides is 1. The molecule has 0 aromatic heterocycles. The molecule has 2 aliphatic heterocycles. The van der Waals surface area contributed by atoms with Crippen LogP contribution >= 0.6 is 12.4 Å². The fourth-order valence-electron chi connectivity index (χ4n) is 3.91. The van der Waals surface area contributed by atoms with Crippen LogP contribution in [-0.4, -0.2) is 44.3 Å². The summed E-state index contributed by atoms with van der Waals surface area (Å²) >= 11 is 0. The van der Waals surface area contributed by atoms with E-state index >= 15 is 0 Å². The maximum atomic E-state index is 13.0. The first-order chi connectivity index (χ1) is 13.0.